The molecule has 0 unspecified atom stereocenters. The lowest BCUT2D eigenvalue weighted by atomic mass is 10.1. The second-order valence-electron chi connectivity index (χ2n) is 6.42. The highest BCUT2D eigenvalue weighted by molar-refractivity contribution is 7.89. The van der Waals surface area contributed by atoms with Gasteiger partial charge in [-0.2, -0.15) is 0 Å². The normalized spacial score (nSPS) is 22.3. The standard InChI is InChI=1S/C16H27N5O2S2/c1-17-16(18-7-11-21-8-3-13-25(21,22)23)19-14-5-9-20(10-6-14)15-4-2-12-24-15/h2,4,12,14H,3,5-11,13H2,1H3,(H2,17,18,19). The van der Waals surface area contributed by atoms with Crippen LogP contribution in [0.2, 0.25) is 0 Å². The molecule has 9 heteroatoms. The monoisotopic (exact) mass is 385 g/mol. The molecule has 0 bridgehead atoms. The Balaban J connectivity index is 1.39. The second kappa shape index (κ2) is 8.37. The summed E-state index contributed by atoms with van der Waals surface area (Å²) in [5.74, 6) is 1.04. The third-order valence-electron chi connectivity index (χ3n) is 4.73. The number of piperidine rings is 1. The van der Waals surface area contributed by atoms with Crippen LogP contribution in [0.3, 0.4) is 0 Å². The molecule has 2 aliphatic heterocycles. The average molecular weight is 386 g/mol. The van der Waals surface area contributed by atoms with Crippen LogP contribution in [0.15, 0.2) is 22.5 Å². The number of thiophene rings is 1. The molecule has 0 aliphatic carbocycles. The summed E-state index contributed by atoms with van der Waals surface area (Å²) < 4.78 is 25.2. The first-order valence-electron chi connectivity index (χ1n) is 8.82. The number of nitrogens with one attached hydrogen (secondary N) is 2. The Bertz CT molecular complexity index is 667. The van der Waals surface area contributed by atoms with Crippen LogP contribution in [0.5, 0.6) is 0 Å². The van der Waals surface area contributed by atoms with Crippen LogP contribution in [0.4, 0.5) is 5.00 Å². The van der Waals surface area contributed by atoms with E-state index in [1.165, 1.54) is 5.00 Å². The van der Waals surface area contributed by atoms with Crippen molar-refractivity contribution in [2.24, 2.45) is 4.99 Å². The maximum atomic E-state index is 11.8. The first-order valence-corrected chi connectivity index (χ1v) is 11.3. The predicted molar refractivity (Wildman–Crippen MR) is 104 cm³/mol. The summed E-state index contributed by atoms with van der Waals surface area (Å²) >= 11 is 1.79. The number of aliphatic imine (C=N–C) groups is 1. The summed E-state index contributed by atoms with van der Waals surface area (Å²) in [6.45, 7) is 3.80. The van der Waals surface area contributed by atoms with Gasteiger partial charge >= 0.3 is 0 Å². The van der Waals surface area contributed by atoms with Gasteiger partial charge in [0, 0.05) is 45.8 Å². The van der Waals surface area contributed by atoms with E-state index in [0.717, 1.165) is 38.3 Å². The number of guanidine groups is 1. The minimum atomic E-state index is -3.02. The fourth-order valence-electron chi connectivity index (χ4n) is 3.32. The molecule has 0 spiro atoms. The molecule has 2 aliphatic rings. The molecular formula is C16H27N5O2S2. The molecule has 0 saturated carbocycles. The highest BCUT2D eigenvalue weighted by Crippen LogP contribution is 2.24. The molecule has 0 amide bonds. The van der Waals surface area contributed by atoms with Crippen LogP contribution in [0, 0.1) is 0 Å². The molecule has 0 aromatic carbocycles. The van der Waals surface area contributed by atoms with Crippen molar-refractivity contribution in [3.8, 4) is 0 Å². The van der Waals surface area contributed by atoms with Gasteiger partial charge in [0.25, 0.3) is 0 Å². The lowest BCUT2D eigenvalue weighted by molar-refractivity contribution is 0.439. The Morgan fingerprint density at radius 1 is 1.36 bits per heavy atom. The molecule has 2 saturated heterocycles. The number of anilines is 1. The molecule has 0 atom stereocenters. The van der Waals surface area contributed by atoms with Gasteiger partial charge in [0.15, 0.2) is 5.96 Å². The van der Waals surface area contributed by atoms with Crippen molar-refractivity contribution in [3.05, 3.63) is 17.5 Å². The number of nitrogens with zero attached hydrogens (tertiary/aromatic N) is 3. The molecule has 1 aromatic heterocycles. The first-order chi connectivity index (χ1) is 12.1. The first kappa shape index (κ1) is 18.5. The zero-order valence-electron chi connectivity index (χ0n) is 14.6. The van der Waals surface area contributed by atoms with Gasteiger partial charge in [-0.25, -0.2) is 12.7 Å². The fraction of sp³-hybridized carbons (Fsp3) is 0.688. The van der Waals surface area contributed by atoms with Crippen LogP contribution >= 0.6 is 11.3 Å². The van der Waals surface area contributed by atoms with Crippen molar-refractivity contribution in [3.63, 3.8) is 0 Å². The van der Waals surface area contributed by atoms with Gasteiger partial charge in [-0.15, -0.1) is 11.3 Å². The van der Waals surface area contributed by atoms with E-state index in [0.29, 0.717) is 25.7 Å². The van der Waals surface area contributed by atoms with Crippen molar-refractivity contribution in [2.45, 2.75) is 25.3 Å². The molecule has 2 fully saturated rings. The van der Waals surface area contributed by atoms with Crippen molar-refractivity contribution >= 4 is 32.3 Å². The van der Waals surface area contributed by atoms with Gasteiger partial charge in [0.1, 0.15) is 0 Å². The summed E-state index contributed by atoms with van der Waals surface area (Å²) in [6.07, 6.45) is 2.87. The topological polar surface area (TPSA) is 77.0 Å². The highest BCUT2D eigenvalue weighted by Gasteiger charge is 2.27. The fourth-order valence-corrected chi connectivity index (χ4v) is 5.64. The minimum absolute atomic E-state index is 0.281. The molecule has 3 rings (SSSR count). The van der Waals surface area contributed by atoms with Crippen LogP contribution in [-0.4, -0.2) is 70.2 Å². The second-order valence-corrected chi connectivity index (χ2v) is 9.44. The minimum Gasteiger partial charge on any atom is -0.363 e. The van der Waals surface area contributed by atoms with Crippen molar-refractivity contribution in [2.75, 3.05) is 50.4 Å². The van der Waals surface area contributed by atoms with E-state index in [2.05, 4.69) is 38.0 Å². The summed E-state index contributed by atoms with van der Waals surface area (Å²) in [4.78, 5) is 6.69. The Morgan fingerprint density at radius 3 is 2.76 bits per heavy atom. The molecular weight excluding hydrogens is 358 g/mol. The smallest absolute Gasteiger partial charge is 0.214 e. The van der Waals surface area contributed by atoms with E-state index in [4.69, 9.17) is 0 Å². The third kappa shape index (κ3) is 4.86. The zero-order chi connectivity index (χ0) is 17.7. The van der Waals surface area contributed by atoms with Crippen LogP contribution in [0.25, 0.3) is 0 Å². The van der Waals surface area contributed by atoms with E-state index in [9.17, 15) is 8.42 Å². The van der Waals surface area contributed by atoms with Gasteiger partial charge in [-0.1, -0.05) is 0 Å². The molecule has 3 heterocycles. The van der Waals surface area contributed by atoms with Gasteiger partial charge in [0.2, 0.25) is 10.0 Å². The summed E-state index contributed by atoms with van der Waals surface area (Å²) in [7, 11) is -1.27. The Morgan fingerprint density at radius 2 is 2.16 bits per heavy atom. The predicted octanol–water partition coefficient (Wildman–Crippen LogP) is 0.917. The van der Waals surface area contributed by atoms with Crippen molar-refractivity contribution in [1.82, 2.24) is 14.9 Å². The van der Waals surface area contributed by atoms with Crippen LogP contribution < -0.4 is 15.5 Å². The van der Waals surface area contributed by atoms with E-state index in [1.54, 1.807) is 22.7 Å². The third-order valence-corrected chi connectivity index (χ3v) is 7.62. The largest absolute Gasteiger partial charge is 0.363 e. The maximum Gasteiger partial charge on any atom is 0.214 e. The Hall–Kier alpha value is -1.32. The number of hydrogen-bond donors (Lipinski definition) is 2. The number of rotatable bonds is 5. The average Bonchev–Trinajstić information content (AvgIpc) is 3.24. The summed E-state index contributed by atoms with van der Waals surface area (Å²) in [6, 6.07) is 4.67. The van der Waals surface area contributed by atoms with Crippen LogP contribution in [0.1, 0.15) is 19.3 Å². The van der Waals surface area contributed by atoms with E-state index in [-0.39, 0.29) is 5.75 Å². The number of sulfonamides is 1. The van der Waals surface area contributed by atoms with Gasteiger partial charge in [-0.3, -0.25) is 4.99 Å². The Kier molecular flexibility index (Phi) is 6.19. The van der Waals surface area contributed by atoms with Crippen molar-refractivity contribution < 1.29 is 8.42 Å². The highest BCUT2D eigenvalue weighted by atomic mass is 32.2. The van der Waals surface area contributed by atoms with Gasteiger partial charge in [0.05, 0.1) is 10.8 Å². The van der Waals surface area contributed by atoms with E-state index >= 15 is 0 Å². The van der Waals surface area contributed by atoms with Crippen molar-refractivity contribution in [1.29, 1.82) is 0 Å². The quantitative estimate of drug-likeness (QED) is 0.582. The SMILES string of the molecule is CN=C(NCCN1CCCS1(=O)=O)NC1CCN(c2cccs2)CC1. The molecule has 2 N–H and O–H groups in total. The molecule has 0 radical (unpaired) electrons. The lowest BCUT2D eigenvalue weighted by Crippen LogP contribution is -2.49. The number of hydrogen-bond acceptors (Lipinski definition) is 5. The molecule has 1 aromatic rings. The molecule has 7 nitrogen and oxygen atoms in total. The zero-order valence-corrected chi connectivity index (χ0v) is 16.3. The Labute approximate surface area is 154 Å². The van der Waals surface area contributed by atoms with Crippen LogP contribution in [-0.2, 0) is 10.0 Å². The summed E-state index contributed by atoms with van der Waals surface area (Å²) in [5.41, 5.74) is 0. The molecule has 140 valence electrons. The molecule has 25 heavy (non-hydrogen) atoms. The van der Waals surface area contributed by atoms with E-state index < -0.39 is 10.0 Å². The lowest BCUT2D eigenvalue weighted by Gasteiger charge is -2.33. The summed E-state index contributed by atoms with van der Waals surface area (Å²) in [5, 5.41) is 10.2. The van der Waals surface area contributed by atoms with E-state index in [1.807, 2.05) is 0 Å². The maximum absolute atomic E-state index is 11.8. The van der Waals surface area contributed by atoms with Gasteiger partial charge < -0.3 is 15.5 Å². The van der Waals surface area contributed by atoms with Gasteiger partial charge in [-0.05, 0) is 36.8 Å².